The molecule has 4 nitrogen and oxygen atoms in total. The molecule has 0 aliphatic heterocycles. The number of benzene rings is 1. The zero-order chi connectivity index (χ0) is 11.0. The molecule has 1 aromatic heterocycles. The highest BCUT2D eigenvalue weighted by atomic mass is 16.4. The third-order valence-corrected chi connectivity index (χ3v) is 2.80. The van der Waals surface area contributed by atoms with Crippen LogP contribution in [-0.2, 0) is 6.54 Å². The summed E-state index contributed by atoms with van der Waals surface area (Å²) in [6.07, 6.45) is 2.35. The Bertz CT molecular complexity index is 485. The molecule has 0 amide bonds. The third-order valence-electron chi connectivity index (χ3n) is 2.80. The summed E-state index contributed by atoms with van der Waals surface area (Å²) in [7, 11) is 0. The van der Waals surface area contributed by atoms with Crippen LogP contribution >= 0.6 is 0 Å². The minimum atomic E-state index is 0.504. The molecule has 3 rings (SSSR count). The van der Waals surface area contributed by atoms with Gasteiger partial charge in [0.2, 0.25) is 11.8 Å². The minimum Gasteiger partial charge on any atom is -0.420 e. The van der Waals surface area contributed by atoms with Crippen molar-refractivity contribution in [2.24, 2.45) is 5.73 Å². The zero-order valence-corrected chi connectivity index (χ0v) is 8.89. The summed E-state index contributed by atoms with van der Waals surface area (Å²) in [5.74, 6) is 1.88. The lowest BCUT2D eigenvalue weighted by molar-refractivity contribution is 0.508. The largest absolute Gasteiger partial charge is 0.420 e. The Morgan fingerprint density at radius 3 is 2.56 bits per heavy atom. The molecule has 0 bridgehead atoms. The van der Waals surface area contributed by atoms with Crippen LogP contribution in [0.25, 0.3) is 11.5 Å². The van der Waals surface area contributed by atoms with Crippen molar-refractivity contribution >= 4 is 0 Å². The molecule has 1 aliphatic carbocycles. The molecule has 2 N–H and O–H groups in total. The van der Waals surface area contributed by atoms with E-state index in [9.17, 15) is 0 Å². The average molecular weight is 215 g/mol. The second-order valence-electron chi connectivity index (χ2n) is 4.12. The number of hydrogen-bond donors (Lipinski definition) is 1. The molecular weight excluding hydrogens is 202 g/mol. The van der Waals surface area contributed by atoms with Crippen molar-refractivity contribution in [3.05, 3.63) is 35.7 Å². The van der Waals surface area contributed by atoms with E-state index >= 15 is 0 Å². The highest BCUT2D eigenvalue weighted by molar-refractivity contribution is 5.53. The van der Waals surface area contributed by atoms with Crippen LogP contribution < -0.4 is 5.73 Å². The van der Waals surface area contributed by atoms with Crippen molar-refractivity contribution in [2.75, 3.05) is 0 Å². The lowest BCUT2D eigenvalue weighted by Crippen LogP contribution is -1.95. The Morgan fingerprint density at radius 1 is 1.19 bits per heavy atom. The molecule has 1 aliphatic rings. The molecule has 1 aromatic carbocycles. The summed E-state index contributed by atoms with van der Waals surface area (Å²) < 4.78 is 5.61. The quantitative estimate of drug-likeness (QED) is 0.851. The van der Waals surface area contributed by atoms with Crippen molar-refractivity contribution in [1.29, 1.82) is 0 Å². The molecular formula is C12H13N3O. The van der Waals surface area contributed by atoms with Crippen molar-refractivity contribution in [2.45, 2.75) is 25.3 Å². The maximum absolute atomic E-state index is 5.61. The maximum Gasteiger partial charge on any atom is 0.247 e. The predicted molar refractivity (Wildman–Crippen MR) is 59.6 cm³/mol. The van der Waals surface area contributed by atoms with E-state index in [1.807, 2.05) is 24.3 Å². The van der Waals surface area contributed by atoms with Crippen LogP contribution in [0.4, 0.5) is 0 Å². The predicted octanol–water partition coefficient (Wildman–Crippen LogP) is 2.07. The highest BCUT2D eigenvalue weighted by Crippen LogP contribution is 2.39. The molecule has 82 valence electrons. The Kier molecular flexibility index (Phi) is 2.22. The monoisotopic (exact) mass is 215 g/mol. The van der Waals surface area contributed by atoms with Gasteiger partial charge in [0.15, 0.2) is 0 Å². The van der Waals surface area contributed by atoms with Crippen LogP contribution in [0.2, 0.25) is 0 Å². The van der Waals surface area contributed by atoms with Crippen LogP contribution in [0.3, 0.4) is 0 Å². The smallest absolute Gasteiger partial charge is 0.247 e. The number of rotatable bonds is 3. The Balaban J connectivity index is 1.88. The fourth-order valence-electron chi connectivity index (χ4n) is 1.63. The fourth-order valence-corrected chi connectivity index (χ4v) is 1.63. The van der Waals surface area contributed by atoms with Gasteiger partial charge in [-0.3, -0.25) is 0 Å². The van der Waals surface area contributed by atoms with E-state index in [4.69, 9.17) is 10.2 Å². The first-order valence-corrected chi connectivity index (χ1v) is 5.49. The summed E-state index contributed by atoms with van der Waals surface area (Å²) in [5, 5.41) is 8.11. The first kappa shape index (κ1) is 9.54. The van der Waals surface area contributed by atoms with E-state index in [0.29, 0.717) is 18.4 Å². The molecule has 1 saturated carbocycles. The van der Waals surface area contributed by atoms with Crippen LogP contribution in [-0.4, -0.2) is 10.2 Å². The van der Waals surface area contributed by atoms with E-state index in [1.165, 1.54) is 12.8 Å². The molecule has 16 heavy (non-hydrogen) atoms. The summed E-state index contributed by atoms with van der Waals surface area (Å²) in [6.45, 7) is 0.553. The number of aromatic nitrogens is 2. The van der Waals surface area contributed by atoms with E-state index in [1.54, 1.807) is 0 Å². The van der Waals surface area contributed by atoms with E-state index in [-0.39, 0.29) is 0 Å². The second kappa shape index (κ2) is 3.72. The van der Waals surface area contributed by atoms with Gasteiger partial charge in [-0.15, -0.1) is 10.2 Å². The zero-order valence-electron chi connectivity index (χ0n) is 8.89. The summed E-state index contributed by atoms with van der Waals surface area (Å²) in [6, 6.07) is 7.89. The lowest BCUT2D eigenvalue weighted by atomic mass is 10.1. The van der Waals surface area contributed by atoms with Gasteiger partial charge in [-0.2, -0.15) is 0 Å². The lowest BCUT2D eigenvalue weighted by Gasteiger charge is -1.97. The van der Waals surface area contributed by atoms with Crippen LogP contribution in [0, 0.1) is 0 Å². The first-order valence-electron chi connectivity index (χ1n) is 5.49. The first-order chi connectivity index (χ1) is 7.86. The minimum absolute atomic E-state index is 0.504. The standard InChI is InChI=1S/C12H13N3O/c13-7-8-1-3-9(4-2-8)11-14-15-12(16-11)10-5-6-10/h1-4,10H,5-7,13H2. The van der Waals surface area contributed by atoms with Crippen molar-refractivity contribution in [3.8, 4) is 11.5 Å². The molecule has 0 spiro atoms. The normalized spacial score (nSPS) is 15.3. The molecule has 4 heteroatoms. The average Bonchev–Trinajstić information content (AvgIpc) is 3.08. The van der Waals surface area contributed by atoms with E-state index in [0.717, 1.165) is 17.0 Å². The molecule has 0 unspecified atom stereocenters. The van der Waals surface area contributed by atoms with Crippen molar-refractivity contribution in [1.82, 2.24) is 10.2 Å². The third kappa shape index (κ3) is 1.72. The number of nitrogens with zero attached hydrogens (tertiary/aromatic N) is 2. The van der Waals surface area contributed by atoms with Gasteiger partial charge >= 0.3 is 0 Å². The van der Waals surface area contributed by atoms with Gasteiger partial charge in [-0.05, 0) is 30.5 Å². The van der Waals surface area contributed by atoms with Gasteiger partial charge in [-0.25, -0.2) is 0 Å². The summed E-state index contributed by atoms with van der Waals surface area (Å²) >= 11 is 0. The van der Waals surface area contributed by atoms with Gasteiger partial charge in [0.05, 0.1) is 0 Å². The number of hydrogen-bond acceptors (Lipinski definition) is 4. The van der Waals surface area contributed by atoms with Gasteiger partial charge < -0.3 is 10.2 Å². The topological polar surface area (TPSA) is 64.9 Å². The van der Waals surface area contributed by atoms with Gasteiger partial charge in [-0.1, -0.05) is 12.1 Å². The SMILES string of the molecule is NCc1ccc(-c2nnc(C3CC3)o2)cc1. The van der Waals surface area contributed by atoms with Crippen LogP contribution in [0.1, 0.15) is 30.2 Å². The highest BCUT2D eigenvalue weighted by Gasteiger charge is 2.29. The van der Waals surface area contributed by atoms with Crippen molar-refractivity contribution < 1.29 is 4.42 Å². The fraction of sp³-hybridized carbons (Fsp3) is 0.333. The molecule has 2 aromatic rings. The van der Waals surface area contributed by atoms with Gasteiger partial charge in [0.1, 0.15) is 0 Å². The molecule has 0 atom stereocenters. The summed E-state index contributed by atoms with van der Waals surface area (Å²) in [4.78, 5) is 0. The molecule has 1 heterocycles. The maximum atomic E-state index is 5.61. The van der Waals surface area contributed by atoms with Crippen molar-refractivity contribution in [3.63, 3.8) is 0 Å². The van der Waals surface area contributed by atoms with Gasteiger partial charge in [0, 0.05) is 18.0 Å². The Labute approximate surface area is 93.5 Å². The van der Waals surface area contributed by atoms with E-state index < -0.39 is 0 Å². The molecule has 0 saturated heterocycles. The molecule has 1 fully saturated rings. The Hall–Kier alpha value is -1.68. The van der Waals surface area contributed by atoms with Crippen LogP contribution in [0.5, 0.6) is 0 Å². The number of nitrogens with two attached hydrogens (primary N) is 1. The van der Waals surface area contributed by atoms with E-state index in [2.05, 4.69) is 10.2 Å². The van der Waals surface area contributed by atoms with Crippen LogP contribution in [0.15, 0.2) is 28.7 Å². The molecule has 0 radical (unpaired) electrons. The Morgan fingerprint density at radius 2 is 1.94 bits per heavy atom. The van der Waals surface area contributed by atoms with Gasteiger partial charge in [0.25, 0.3) is 0 Å². The summed E-state index contributed by atoms with van der Waals surface area (Å²) in [5.41, 5.74) is 7.60. The second-order valence-corrected chi connectivity index (χ2v) is 4.12.